The molecular weight excluding hydrogens is 389 g/mol. The normalized spacial score (nSPS) is 11.4. The van der Waals surface area contributed by atoms with Crippen molar-refractivity contribution in [2.45, 2.75) is 13.0 Å². The SMILES string of the molecule is O=[N+]([O-])c1ccc2c(c1)c1cc([N+](=O)[O-])ccc1n2CCCS(=O)(=O)[O-].[Na+]. The van der Waals surface area contributed by atoms with Gasteiger partial charge in [-0.05, 0) is 18.6 Å². The molecule has 0 unspecified atom stereocenters. The summed E-state index contributed by atoms with van der Waals surface area (Å²) in [6, 6.07) is 8.26. The maximum absolute atomic E-state index is 11.0. The van der Waals surface area contributed by atoms with E-state index >= 15 is 0 Å². The van der Waals surface area contributed by atoms with Gasteiger partial charge >= 0.3 is 29.6 Å². The number of fused-ring (bicyclic) bond motifs is 3. The van der Waals surface area contributed by atoms with E-state index in [-0.39, 0.29) is 53.9 Å². The van der Waals surface area contributed by atoms with Crippen LogP contribution in [0.1, 0.15) is 6.42 Å². The van der Waals surface area contributed by atoms with Crippen LogP contribution < -0.4 is 29.6 Å². The molecule has 1 heterocycles. The molecule has 0 bridgehead atoms. The van der Waals surface area contributed by atoms with E-state index in [9.17, 15) is 33.2 Å². The van der Waals surface area contributed by atoms with Crippen LogP contribution in [0.4, 0.5) is 11.4 Å². The predicted molar refractivity (Wildman–Crippen MR) is 91.9 cm³/mol. The van der Waals surface area contributed by atoms with Crippen molar-refractivity contribution >= 4 is 43.3 Å². The Morgan fingerprint density at radius 2 is 1.33 bits per heavy atom. The smallest absolute Gasteiger partial charge is 0.748 e. The molecule has 0 radical (unpaired) electrons. The molecule has 10 nitrogen and oxygen atoms in total. The molecule has 0 N–H and O–H groups in total. The van der Waals surface area contributed by atoms with Gasteiger partial charge in [0.1, 0.15) is 0 Å². The fourth-order valence-electron chi connectivity index (χ4n) is 2.95. The Bertz CT molecular complexity index is 1090. The van der Waals surface area contributed by atoms with Crippen molar-refractivity contribution in [3.63, 3.8) is 0 Å². The standard InChI is InChI=1S/C15H13N3O7S.Na/c19-17(20)10-2-4-14-12(8-10)13-9-11(18(21)22)3-5-15(13)16(14)6-1-7-26(23,24)25;/h2-5,8-9H,1,6-7H2,(H,23,24,25);/q;+1/p-1. The van der Waals surface area contributed by atoms with Crippen molar-refractivity contribution in [1.29, 1.82) is 0 Å². The number of benzene rings is 2. The zero-order valence-corrected chi connectivity index (χ0v) is 17.0. The topological polar surface area (TPSA) is 148 Å². The second-order valence-corrected chi connectivity index (χ2v) is 7.21. The molecule has 0 fully saturated rings. The number of hydrogen-bond donors (Lipinski definition) is 0. The van der Waals surface area contributed by atoms with Crippen LogP contribution in [0.3, 0.4) is 0 Å². The van der Waals surface area contributed by atoms with Crippen LogP contribution >= 0.6 is 0 Å². The quantitative estimate of drug-likeness (QED) is 0.235. The molecule has 0 aliphatic rings. The Kier molecular flexibility index (Phi) is 6.22. The van der Waals surface area contributed by atoms with Crippen LogP contribution in [-0.2, 0) is 16.7 Å². The first-order chi connectivity index (χ1) is 12.2. The molecule has 12 heteroatoms. The van der Waals surface area contributed by atoms with Gasteiger partial charge in [0.25, 0.3) is 11.4 Å². The number of aromatic nitrogens is 1. The Balaban J connectivity index is 0.00000261. The molecule has 0 amide bonds. The van der Waals surface area contributed by atoms with Crippen molar-refractivity contribution in [3.05, 3.63) is 56.6 Å². The van der Waals surface area contributed by atoms with Crippen molar-refractivity contribution in [3.8, 4) is 0 Å². The van der Waals surface area contributed by atoms with Gasteiger partial charge in [0.15, 0.2) is 0 Å². The maximum Gasteiger partial charge on any atom is 1.00 e. The van der Waals surface area contributed by atoms with Crippen molar-refractivity contribution in [2.24, 2.45) is 0 Å². The Morgan fingerprint density at radius 3 is 1.70 bits per heavy atom. The number of rotatable bonds is 6. The first kappa shape index (κ1) is 21.3. The van der Waals surface area contributed by atoms with Crippen LogP contribution in [0, 0.1) is 20.2 Å². The van der Waals surface area contributed by atoms with Crippen molar-refractivity contribution in [2.75, 3.05) is 5.75 Å². The fourth-order valence-corrected chi connectivity index (χ4v) is 3.43. The number of hydrogen-bond acceptors (Lipinski definition) is 7. The van der Waals surface area contributed by atoms with Crippen LogP contribution in [0.5, 0.6) is 0 Å². The van der Waals surface area contributed by atoms with Gasteiger partial charge in [0.05, 0.1) is 20.0 Å². The maximum atomic E-state index is 11.0. The Morgan fingerprint density at radius 1 is 0.889 bits per heavy atom. The minimum atomic E-state index is -4.36. The summed E-state index contributed by atoms with van der Waals surface area (Å²) in [6.07, 6.45) is 0.0543. The molecule has 0 spiro atoms. The van der Waals surface area contributed by atoms with E-state index in [1.807, 2.05) is 0 Å². The summed E-state index contributed by atoms with van der Waals surface area (Å²) in [5, 5.41) is 23.0. The molecule has 27 heavy (non-hydrogen) atoms. The largest absolute Gasteiger partial charge is 1.00 e. The van der Waals surface area contributed by atoms with E-state index in [2.05, 4.69) is 0 Å². The molecule has 1 aromatic heterocycles. The van der Waals surface area contributed by atoms with E-state index < -0.39 is 25.7 Å². The van der Waals surface area contributed by atoms with Gasteiger partial charge in [-0.1, -0.05) is 0 Å². The van der Waals surface area contributed by atoms with Crippen LogP contribution in [0.2, 0.25) is 0 Å². The molecule has 0 aliphatic carbocycles. The molecular formula is C15H12N3NaO7S. The molecule has 2 aromatic carbocycles. The third-order valence-electron chi connectivity index (χ3n) is 4.03. The first-order valence-corrected chi connectivity index (χ1v) is 9.03. The molecule has 3 rings (SSSR count). The summed E-state index contributed by atoms with van der Waals surface area (Å²) < 4.78 is 34.1. The summed E-state index contributed by atoms with van der Waals surface area (Å²) in [5.41, 5.74) is 0.805. The van der Waals surface area contributed by atoms with E-state index in [0.29, 0.717) is 21.8 Å². The predicted octanol–water partition coefficient (Wildman–Crippen LogP) is -0.450. The van der Waals surface area contributed by atoms with Gasteiger partial charge in [-0.25, -0.2) is 8.42 Å². The van der Waals surface area contributed by atoms with E-state index in [0.717, 1.165) is 0 Å². The third-order valence-corrected chi connectivity index (χ3v) is 4.82. The number of aryl methyl sites for hydroxylation is 1. The van der Waals surface area contributed by atoms with Gasteiger partial charge in [0, 0.05) is 58.4 Å². The Hall–Kier alpha value is -2.05. The summed E-state index contributed by atoms with van der Waals surface area (Å²) in [7, 11) is -4.36. The second kappa shape index (κ2) is 7.90. The third kappa shape index (κ3) is 4.45. The van der Waals surface area contributed by atoms with Gasteiger partial charge < -0.3 is 9.12 Å². The zero-order valence-electron chi connectivity index (χ0n) is 14.2. The van der Waals surface area contributed by atoms with Gasteiger partial charge in [-0.2, -0.15) is 0 Å². The molecule has 0 aliphatic heterocycles. The van der Waals surface area contributed by atoms with E-state index in [4.69, 9.17) is 0 Å². The number of nitro groups is 2. The van der Waals surface area contributed by atoms with Gasteiger partial charge in [-0.3, -0.25) is 20.2 Å². The zero-order chi connectivity index (χ0) is 19.1. The second-order valence-electron chi connectivity index (χ2n) is 5.68. The Labute approximate surface area is 175 Å². The van der Waals surface area contributed by atoms with Crippen LogP contribution in [0.15, 0.2) is 36.4 Å². The van der Waals surface area contributed by atoms with Gasteiger partial charge in [-0.15, -0.1) is 0 Å². The number of nitrogens with zero attached hydrogens (tertiary/aromatic N) is 3. The summed E-state index contributed by atoms with van der Waals surface area (Å²) >= 11 is 0. The van der Waals surface area contributed by atoms with Crippen LogP contribution in [0.25, 0.3) is 21.8 Å². The summed E-state index contributed by atoms with van der Waals surface area (Å²) in [5.74, 6) is -0.547. The number of nitro benzene ring substituents is 2. The molecule has 3 aromatic rings. The minimum Gasteiger partial charge on any atom is -0.748 e. The van der Waals surface area contributed by atoms with Crippen molar-refractivity contribution in [1.82, 2.24) is 4.57 Å². The first-order valence-electron chi connectivity index (χ1n) is 7.46. The molecule has 0 saturated carbocycles. The van der Waals surface area contributed by atoms with E-state index in [1.54, 1.807) is 4.57 Å². The van der Waals surface area contributed by atoms with Crippen LogP contribution in [-0.4, -0.2) is 33.1 Å². The molecule has 0 saturated heterocycles. The number of non-ortho nitro benzene ring substituents is 2. The average molecular weight is 401 g/mol. The monoisotopic (exact) mass is 401 g/mol. The van der Waals surface area contributed by atoms with Gasteiger partial charge in [0.2, 0.25) is 0 Å². The minimum absolute atomic E-state index is 0. The fraction of sp³-hybridized carbons (Fsp3) is 0.200. The average Bonchev–Trinajstić information content (AvgIpc) is 2.86. The van der Waals surface area contributed by atoms with Crippen molar-refractivity contribution < 1.29 is 52.4 Å². The molecule has 0 atom stereocenters. The molecule has 136 valence electrons. The van der Waals surface area contributed by atoms with E-state index in [1.165, 1.54) is 36.4 Å². The summed E-state index contributed by atoms with van der Waals surface area (Å²) in [4.78, 5) is 20.9. The summed E-state index contributed by atoms with van der Waals surface area (Å²) in [6.45, 7) is 0.178.